The van der Waals surface area contributed by atoms with E-state index in [1.165, 1.54) is 14.2 Å². The van der Waals surface area contributed by atoms with E-state index in [0.29, 0.717) is 5.82 Å². The van der Waals surface area contributed by atoms with Crippen molar-refractivity contribution < 1.29 is 19.4 Å². The van der Waals surface area contributed by atoms with E-state index in [1.54, 1.807) is 12.1 Å². The predicted molar refractivity (Wildman–Crippen MR) is 62.3 cm³/mol. The maximum atomic E-state index is 11.4. The minimum Gasteiger partial charge on any atom is -0.480 e. The van der Waals surface area contributed by atoms with Crippen LogP contribution in [-0.2, 0) is 4.74 Å². The molecule has 1 atom stereocenters. The van der Waals surface area contributed by atoms with Crippen LogP contribution in [0.15, 0.2) is 12.1 Å². The molecule has 1 aromatic rings. The van der Waals surface area contributed by atoms with Gasteiger partial charge in [0.15, 0.2) is 0 Å². The zero-order chi connectivity index (χ0) is 12.8. The van der Waals surface area contributed by atoms with Gasteiger partial charge in [0.2, 0.25) is 5.88 Å². The number of aromatic nitrogens is 1. The molecule has 0 saturated heterocycles. The van der Waals surface area contributed by atoms with Gasteiger partial charge in [0.25, 0.3) is 0 Å². The van der Waals surface area contributed by atoms with Gasteiger partial charge in [0.05, 0.1) is 20.8 Å². The van der Waals surface area contributed by atoms with Gasteiger partial charge in [-0.1, -0.05) is 0 Å². The van der Waals surface area contributed by atoms with Gasteiger partial charge in [0.1, 0.15) is 11.4 Å². The van der Waals surface area contributed by atoms with Gasteiger partial charge < -0.3 is 19.9 Å². The Kier molecular flexibility index (Phi) is 4.71. The van der Waals surface area contributed by atoms with Crippen molar-refractivity contribution in [1.82, 2.24) is 4.98 Å². The summed E-state index contributed by atoms with van der Waals surface area (Å²) in [5, 5.41) is 11.9. The molecule has 17 heavy (non-hydrogen) atoms. The first-order valence-corrected chi connectivity index (χ1v) is 5.13. The number of hydrogen-bond donors (Lipinski definition) is 2. The quantitative estimate of drug-likeness (QED) is 0.736. The number of nitrogens with one attached hydrogen (secondary N) is 1. The monoisotopic (exact) mass is 240 g/mol. The van der Waals surface area contributed by atoms with Crippen LogP contribution in [0, 0.1) is 0 Å². The largest absolute Gasteiger partial charge is 0.480 e. The average molecular weight is 240 g/mol. The smallest absolute Gasteiger partial charge is 0.343 e. The summed E-state index contributed by atoms with van der Waals surface area (Å²) in [6, 6.07) is 3.06. The Balaban J connectivity index is 2.96. The van der Waals surface area contributed by atoms with E-state index in [2.05, 4.69) is 15.0 Å². The van der Waals surface area contributed by atoms with Crippen LogP contribution in [0.4, 0.5) is 5.82 Å². The van der Waals surface area contributed by atoms with Crippen molar-refractivity contribution in [3.8, 4) is 5.88 Å². The Morgan fingerprint density at radius 3 is 2.76 bits per heavy atom. The van der Waals surface area contributed by atoms with E-state index in [0.717, 1.165) is 0 Å². The van der Waals surface area contributed by atoms with Crippen LogP contribution in [0.3, 0.4) is 0 Å². The summed E-state index contributed by atoms with van der Waals surface area (Å²) in [6.45, 7) is 1.80. The summed E-state index contributed by atoms with van der Waals surface area (Å²) in [6.07, 6.45) is 0. The van der Waals surface area contributed by atoms with Crippen LogP contribution in [0.1, 0.15) is 17.3 Å². The van der Waals surface area contributed by atoms with Gasteiger partial charge in [-0.25, -0.2) is 4.79 Å². The average Bonchev–Trinajstić information content (AvgIpc) is 2.37. The van der Waals surface area contributed by atoms with Crippen molar-refractivity contribution >= 4 is 11.8 Å². The second-order valence-corrected chi connectivity index (χ2v) is 3.47. The zero-order valence-corrected chi connectivity index (χ0v) is 10.1. The molecule has 0 aliphatic carbocycles. The summed E-state index contributed by atoms with van der Waals surface area (Å²) in [5.74, 6) is 0.208. The first-order valence-electron chi connectivity index (χ1n) is 5.13. The lowest BCUT2D eigenvalue weighted by Crippen LogP contribution is -2.20. The predicted octanol–water partition coefficient (Wildman–Crippen LogP) is 0.669. The number of methoxy groups -OCH3 is 2. The van der Waals surface area contributed by atoms with Crippen LogP contribution in [-0.4, -0.2) is 42.9 Å². The van der Waals surface area contributed by atoms with Crippen LogP contribution in [0.2, 0.25) is 0 Å². The molecule has 0 radical (unpaired) electrons. The van der Waals surface area contributed by atoms with Crippen molar-refractivity contribution in [2.45, 2.75) is 13.0 Å². The number of aliphatic hydroxyl groups excluding tert-OH is 1. The fourth-order valence-corrected chi connectivity index (χ4v) is 1.24. The van der Waals surface area contributed by atoms with Gasteiger partial charge in [-0.3, -0.25) is 0 Å². The first-order chi connectivity index (χ1) is 8.12. The normalized spacial score (nSPS) is 11.8. The van der Waals surface area contributed by atoms with E-state index in [4.69, 9.17) is 9.84 Å². The van der Waals surface area contributed by atoms with E-state index in [-0.39, 0.29) is 24.1 Å². The molecular formula is C11H16N2O4. The number of hydrogen-bond acceptors (Lipinski definition) is 6. The number of esters is 1. The Morgan fingerprint density at radius 2 is 2.24 bits per heavy atom. The molecule has 2 N–H and O–H groups in total. The third-order valence-electron chi connectivity index (χ3n) is 2.13. The Hall–Kier alpha value is -1.82. The number of carbonyl (C=O) groups excluding carboxylic acids is 1. The molecule has 0 amide bonds. The standard InChI is InChI=1S/C11H16N2O4/c1-7(6-14)12-9-5-4-8(11(15)17-3)10(13-9)16-2/h4-5,7,14H,6H2,1-3H3,(H,12,13)/t7-/m0/s1. The van der Waals surface area contributed by atoms with E-state index in [1.807, 2.05) is 6.92 Å². The maximum Gasteiger partial charge on any atom is 0.343 e. The number of aliphatic hydroxyl groups is 1. The van der Waals surface area contributed by atoms with Crippen molar-refractivity contribution in [3.63, 3.8) is 0 Å². The molecule has 0 bridgehead atoms. The van der Waals surface area contributed by atoms with Crippen molar-refractivity contribution in [3.05, 3.63) is 17.7 Å². The molecule has 0 unspecified atom stereocenters. The second-order valence-electron chi connectivity index (χ2n) is 3.47. The molecule has 1 aromatic heterocycles. The first kappa shape index (κ1) is 13.2. The molecule has 1 heterocycles. The van der Waals surface area contributed by atoms with Crippen LogP contribution >= 0.6 is 0 Å². The lowest BCUT2D eigenvalue weighted by Gasteiger charge is -2.13. The van der Waals surface area contributed by atoms with Gasteiger partial charge in [0, 0.05) is 6.04 Å². The maximum absolute atomic E-state index is 11.4. The molecule has 6 heteroatoms. The Morgan fingerprint density at radius 1 is 1.53 bits per heavy atom. The fraction of sp³-hybridized carbons (Fsp3) is 0.455. The molecule has 0 aliphatic heterocycles. The SMILES string of the molecule is COC(=O)c1ccc(N[C@@H](C)CO)nc1OC. The lowest BCUT2D eigenvalue weighted by atomic mass is 10.2. The summed E-state index contributed by atoms with van der Waals surface area (Å²) in [4.78, 5) is 15.5. The number of pyridine rings is 1. The highest BCUT2D eigenvalue weighted by atomic mass is 16.5. The number of nitrogens with zero attached hydrogens (tertiary/aromatic N) is 1. The van der Waals surface area contributed by atoms with Crippen molar-refractivity contribution in [1.29, 1.82) is 0 Å². The molecule has 0 aliphatic rings. The summed E-state index contributed by atoms with van der Waals surface area (Å²) < 4.78 is 9.61. The lowest BCUT2D eigenvalue weighted by molar-refractivity contribution is 0.0596. The fourth-order valence-electron chi connectivity index (χ4n) is 1.24. The van der Waals surface area contributed by atoms with E-state index in [9.17, 15) is 4.79 Å². The number of carbonyl (C=O) groups is 1. The van der Waals surface area contributed by atoms with Gasteiger partial charge in [-0.15, -0.1) is 0 Å². The Bertz CT molecular complexity index is 395. The van der Waals surface area contributed by atoms with E-state index < -0.39 is 5.97 Å². The summed E-state index contributed by atoms with van der Waals surface area (Å²) in [7, 11) is 2.72. The third kappa shape index (κ3) is 3.32. The molecule has 1 rings (SSSR count). The van der Waals surface area contributed by atoms with E-state index >= 15 is 0 Å². The summed E-state index contributed by atoms with van der Waals surface area (Å²) >= 11 is 0. The molecular weight excluding hydrogens is 224 g/mol. The molecule has 6 nitrogen and oxygen atoms in total. The third-order valence-corrected chi connectivity index (χ3v) is 2.13. The van der Waals surface area contributed by atoms with Crippen molar-refractivity contribution in [2.75, 3.05) is 26.1 Å². The Labute approximate surface area is 99.6 Å². The highest BCUT2D eigenvalue weighted by Gasteiger charge is 2.15. The van der Waals surface area contributed by atoms with Crippen LogP contribution in [0.25, 0.3) is 0 Å². The molecule has 0 fully saturated rings. The number of rotatable bonds is 5. The molecule has 0 saturated carbocycles. The van der Waals surface area contributed by atoms with Crippen LogP contribution in [0.5, 0.6) is 5.88 Å². The number of ether oxygens (including phenoxy) is 2. The van der Waals surface area contributed by atoms with Gasteiger partial charge in [-0.2, -0.15) is 4.98 Å². The van der Waals surface area contributed by atoms with Gasteiger partial charge >= 0.3 is 5.97 Å². The number of anilines is 1. The minimum atomic E-state index is -0.504. The molecule has 0 spiro atoms. The van der Waals surface area contributed by atoms with Crippen molar-refractivity contribution in [2.24, 2.45) is 0 Å². The molecule has 94 valence electrons. The minimum absolute atomic E-state index is 0.0112. The second kappa shape index (κ2) is 6.05. The highest BCUT2D eigenvalue weighted by Crippen LogP contribution is 2.19. The zero-order valence-electron chi connectivity index (χ0n) is 10.1. The van der Waals surface area contributed by atoms with Gasteiger partial charge in [-0.05, 0) is 19.1 Å². The topological polar surface area (TPSA) is 80.7 Å². The molecule has 0 aromatic carbocycles. The highest BCUT2D eigenvalue weighted by molar-refractivity contribution is 5.92. The summed E-state index contributed by atoms with van der Waals surface area (Å²) in [5.41, 5.74) is 0.261. The van der Waals surface area contributed by atoms with Crippen LogP contribution < -0.4 is 10.1 Å².